The van der Waals surface area contributed by atoms with Crippen molar-refractivity contribution >= 4 is 16.9 Å². The maximum Gasteiger partial charge on any atom is 0.287 e. The van der Waals surface area contributed by atoms with E-state index < -0.39 is 0 Å². The lowest BCUT2D eigenvalue weighted by Gasteiger charge is -2.07. The molecule has 0 atom stereocenters. The topological polar surface area (TPSA) is 63.5 Å². The molecule has 27 heavy (non-hydrogen) atoms. The fraction of sp³-hybridized carbons (Fsp3) is 0.318. The van der Waals surface area contributed by atoms with E-state index in [0.29, 0.717) is 23.6 Å². The lowest BCUT2D eigenvalue weighted by atomic mass is 10.1. The third-order valence-corrected chi connectivity index (χ3v) is 4.50. The summed E-state index contributed by atoms with van der Waals surface area (Å²) in [6.45, 7) is 4.32. The molecule has 0 aliphatic heterocycles. The van der Waals surface area contributed by atoms with Crippen molar-refractivity contribution < 1.29 is 13.9 Å². The first-order valence-electron chi connectivity index (χ1n) is 9.35. The van der Waals surface area contributed by atoms with Gasteiger partial charge in [0, 0.05) is 18.5 Å². The molecule has 0 radical (unpaired) electrons. The highest BCUT2D eigenvalue weighted by molar-refractivity contribution is 5.98. The van der Waals surface area contributed by atoms with Crippen LogP contribution in [0, 0.1) is 0 Å². The molecule has 2 aromatic carbocycles. The minimum absolute atomic E-state index is 0.234. The highest BCUT2D eigenvalue weighted by atomic mass is 16.5. The summed E-state index contributed by atoms with van der Waals surface area (Å²) in [6.07, 6.45) is 2.29. The van der Waals surface area contributed by atoms with Crippen LogP contribution in [0.25, 0.3) is 11.0 Å². The molecule has 0 unspecified atom stereocenters. The number of methoxy groups -OCH3 is 1. The van der Waals surface area contributed by atoms with Crippen molar-refractivity contribution in [3.8, 4) is 5.75 Å². The number of benzene rings is 2. The molecule has 0 bridgehead atoms. The average molecular weight is 366 g/mol. The van der Waals surface area contributed by atoms with Crippen LogP contribution in [0.1, 0.15) is 41.4 Å². The normalized spacial score (nSPS) is 10.9. The number of carbonyl (C=O) groups is 1. The summed E-state index contributed by atoms with van der Waals surface area (Å²) in [6, 6.07) is 15.5. The highest BCUT2D eigenvalue weighted by Gasteiger charge is 2.17. The van der Waals surface area contributed by atoms with Gasteiger partial charge in [-0.2, -0.15) is 0 Å². The van der Waals surface area contributed by atoms with Gasteiger partial charge in [-0.3, -0.25) is 4.79 Å². The molecule has 142 valence electrons. The number of rotatable bonds is 9. The smallest absolute Gasteiger partial charge is 0.287 e. The summed E-state index contributed by atoms with van der Waals surface area (Å²) in [4.78, 5) is 12.5. The summed E-state index contributed by atoms with van der Waals surface area (Å²) >= 11 is 0. The second-order valence-corrected chi connectivity index (χ2v) is 6.48. The van der Waals surface area contributed by atoms with Crippen molar-refractivity contribution in [2.24, 2.45) is 0 Å². The molecule has 1 heterocycles. The Bertz CT molecular complexity index is 887. The summed E-state index contributed by atoms with van der Waals surface area (Å²) in [5.74, 6) is 0.687. The first-order chi connectivity index (χ1) is 13.2. The van der Waals surface area contributed by atoms with Gasteiger partial charge in [0.15, 0.2) is 17.1 Å². The molecule has 3 rings (SSSR count). The fourth-order valence-corrected chi connectivity index (χ4v) is 2.97. The van der Waals surface area contributed by atoms with E-state index in [4.69, 9.17) is 9.15 Å². The van der Waals surface area contributed by atoms with Crippen molar-refractivity contribution in [1.29, 1.82) is 0 Å². The van der Waals surface area contributed by atoms with E-state index in [1.807, 2.05) is 42.5 Å². The lowest BCUT2D eigenvalue weighted by Crippen LogP contribution is -2.22. The van der Waals surface area contributed by atoms with Gasteiger partial charge in [-0.05, 0) is 36.2 Å². The lowest BCUT2D eigenvalue weighted by molar-refractivity contribution is 0.0925. The van der Waals surface area contributed by atoms with Crippen molar-refractivity contribution in [2.75, 3.05) is 13.7 Å². The molecule has 5 nitrogen and oxygen atoms in total. The summed E-state index contributed by atoms with van der Waals surface area (Å²) in [5.41, 5.74) is 2.74. The molecule has 0 aliphatic rings. The number of nitrogens with one attached hydrogen (secondary N) is 2. The van der Waals surface area contributed by atoms with Gasteiger partial charge in [0.05, 0.1) is 7.11 Å². The third-order valence-electron chi connectivity index (χ3n) is 4.50. The number of fused-ring (bicyclic) bond motifs is 1. The molecule has 0 spiro atoms. The van der Waals surface area contributed by atoms with Crippen LogP contribution < -0.4 is 15.4 Å². The Morgan fingerprint density at radius 3 is 2.67 bits per heavy atom. The van der Waals surface area contributed by atoms with E-state index >= 15 is 0 Å². The Morgan fingerprint density at radius 1 is 1.11 bits per heavy atom. The largest absolute Gasteiger partial charge is 0.493 e. The SMILES string of the molecule is CCCCNCc1ccc(OC)c2oc(C(=O)NCc3ccccc3)cc12. The molecule has 0 saturated heterocycles. The van der Waals surface area contributed by atoms with Crippen LogP contribution in [0.4, 0.5) is 0 Å². The minimum Gasteiger partial charge on any atom is -0.493 e. The van der Waals surface area contributed by atoms with Crippen molar-refractivity contribution in [3.63, 3.8) is 0 Å². The summed E-state index contributed by atoms with van der Waals surface area (Å²) in [7, 11) is 1.60. The average Bonchev–Trinajstić information content (AvgIpc) is 3.16. The van der Waals surface area contributed by atoms with Crippen LogP contribution in [0.3, 0.4) is 0 Å². The fourth-order valence-electron chi connectivity index (χ4n) is 2.97. The Hall–Kier alpha value is -2.79. The van der Waals surface area contributed by atoms with Crippen molar-refractivity contribution in [2.45, 2.75) is 32.9 Å². The molecular formula is C22H26N2O3. The molecule has 0 fully saturated rings. The van der Waals surface area contributed by atoms with E-state index in [9.17, 15) is 4.79 Å². The monoisotopic (exact) mass is 366 g/mol. The van der Waals surface area contributed by atoms with Gasteiger partial charge in [0.1, 0.15) is 0 Å². The number of ether oxygens (including phenoxy) is 1. The van der Waals surface area contributed by atoms with Gasteiger partial charge in [-0.15, -0.1) is 0 Å². The Labute approximate surface area is 159 Å². The number of carbonyl (C=O) groups excluding carboxylic acids is 1. The van der Waals surface area contributed by atoms with E-state index in [0.717, 1.165) is 42.4 Å². The molecule has 3 aromatic rings. The van der Waals surface area contributed by atoms with E-state index in [1.165, 1.54) is 0 Å². The Morgan fingerprint density at radius 2 is 1.93 bits per heavy atom. The number of unbranched alkanes of at least 4 members (excludes halogenated alkanes) is 1. The number of amides is 1. The second kappa shape index (κ2) is 9.24. The third kappa shape index (κ3) is 4.68. The van der Waals surface area contributed by atoms with Crippen molar-refractivity contribution in [3.05, 3.63) is 65.4 Å². The van der Waals surface area contributed by atoms with Gasteiger partial charge in [0.25, 0.3) is 5.91 Å². The Balaban J connectivity index is 1.78. The standard InChI is InChI=1S/C22H26N2O3/c1-3-4-12-23-15-17-10-11-19(26-2)21-18(17)13-20(27-21)22(25)24-14-16-8-6-5-7-9-16/h5-11,13,23H,3-4,12,14-15H2,1-2H3,(H,24,25). The zero-order chi connectivity index (χ0) is 19.1. The van der Waals surface area contributed by atoms with E-state index in [-0.39, 0.29) is 5.91 Å². The number of furan rings is 1. The number of hydrogen-bond donors (Lipinski definition) is 2. The van der Waals surface area contributed by atoms with Crippen LogP contribution in [-0.4, -0.2) is 19.6 Å². The minimum atomic E-state index is -0.234. The molecule has 0 saturated carbocycles. The molecular weight excluding hydrogens is 340 g/mol. The van der Waals surface area contributed by atoms with Gasteiger partial charge < -0.3 is 19.8 Å². The van der Waals surface area contributed by atoms with Crippen molar-refractivity contribution in [1.82, 2.24) is 10.6 Å². The Kier molecular flexibility index (Phi) is 6.49. The van der Waals surface area contributed by atoms with Crippen LogP contribution in [0.15, 0.2) is 52.9 Å². The zero-order valence-electron chi connectivity index (χ0n) is 15.9. The van der Waals surface area contributed by atoms with Crippen LogP contribution in [-0.2, 0) is 13.1 Å². The van der Waals surface area contributed by atoms with Gasteiger partial charge >= 0.3 is 0 Å². The predicted octanol–water partition coefficient (Wildman–Crippen LogP) is 4.26. The molecule has 0 aliphatic carbocycles. The molecule has 2 N–H and O–H groups in total. The van der Waals surface area contributed by atoms with Gasteiger partial charge in [-0.25, -0.2) is 0 Å². The quantitative estimate of drug-likeness (QED) is 0.556. The van der Waals surface area contributed by atoms with Crippen LogP contribution in [0.2, 0.25) is 0 Å². The molecule has 1 amide bonds. The first kappa shape index (κ1) is 19.0. The van der Waals surface area contributed by atoms with E-state index in [2.05, 4.69) is 17.6 Å². The molecule has 5 heteroatoms. The summed E-state index contributed by atoms with van der Waals surface area (Å²) in [5, 5.41) is 7.24. The maximum atomic E-state index is 12.5. The predicted molar refractivity (Wildman–Crippen MR) is 107 cm³/mol. The summed E-state index contributed by atoms with van der Waals surface area (Å²) < 4.78 is 11.2. The van der Waals surface area contributed by atoms with Crippen LogP contribution >= 0.6 is 0 Å². The van der Waals surface area contributed by atoms with Crippen LogP contribution in [0.5, 0.6) is 5.75 Å². The van der Waals surface area contributed by atoms with Gasteiger partial charge in [-0.1, -0.05) is 49.7 Å². The number of hydrogen-bond acceptors (Lipinski definition) is 4. The maximum absolute atomic E-state index is 12.5. The first-order valence-corrected chi connectivity index (χ1v) is 9.35. The molecule has 1 aromatic heterocycles. The second-order valence-electron chi connectivity index (χ2n) is 6.48. The highest BCUT2D eigenvalue weighted by Crippen LogP contribution is 2.31. The van der Waals surface area contributed by atoms with E-state index in [1.54, 1.807) is 13.2 Å². The van der Waals surface area contributed by atoms with Gasteiger partial charge in [0.2, 0.25) is 0 Å². The zero-order valence-corrected chi connectivity index (χ0v) is 15.9.